The number of aryl methyl sites for hydroxylation is 1. The van der Waals surface area contributed by atoms with Crippen LogP contribution in [0.5, 0.6) is 0 Å². The Morgan fingerprint density at radius 3 is 3.00 bits per heavy atom. The molecule has 0 bridgehead atoms. The molecule has 0 saturated heterocycles. The molecule has 0 saturated carbocycles. The van der Waals surface area contributed by atoms with Gasteiger partial charge in [0.2, 0.25) is 0 Å². The zero-order chi connectivity index (χ0) is 11.5. The summed E-state index contributed by atoms with van der Waals surface area (Å²) in [4.78, 5) is 0. The molecule has 3 nitrogen and oxygen atoms in total. The molecule has 0 aliphatic rings. The van der Waals surface area contributed by atoms with E-state index in [1.807, 2.05) is 30.2 Å². The van der Waals surface area contributed by atoms with E-state index in [0.717, 1.165) is 10.9 Å². The van der Waals surface area contributed by atoms with Gasteiger partial charge in [0.25, 0.3) is 0 Å². The van der Waals surface area contributed by atoms with E-state index in [4.69, 9.17) is 11.6 Å². The van der Waals surface area contributed by atoms with Gasteiger partial charge in [0.05, 0.1) is 10.5 Å². The van der Waals surface area contributed by atoms with Crippen LogP contribution in [-0.2, 0) is 13.6 Å². The van der Waals surface area contributed by atoms with E-state index in [2.05, 4.69) is 22.7 Å². The van der Waals surface area contributed by atoms with Crippen LogP contribution >= 0.6 is 22.9 Å². The predicted molar refractivity (Wildman–Crippen MR) is 67.8 cm³/mol. The quantitative estimate of drug-likeness (QED) is 0.910. The van der Waals surface area contributed by atoms with E-state index >= 15 is 0 Å². The predicted octanol–water partition coefficient (Wildman–Crippen LogP) is 2.99. The Bertz CT molecular complexity index is 463. The molecular formula is C11H14ClN3S. The third kappa shape index (κ3) is 2.84. The lowest BCUT2D eigenvalue weighted by molar-refractivity contribution is 0.576. The molecule has 0 radical (unpaired) electrons. The van der Waals surface area contributed by atoms with Gasteiger partial charge in [-0.15, -0.1) is 11.3 Å². The van der Waals surface area contributed by atoms with Gasteiger partial charge in [-0.25, -0.2) is 0 Å². The number of hydrogen-bond acceptors (Lipinski definition) is 3. The van der Waals surface area contributed by atoms with Crippen LogP contribution in [0.1, 0.15) is 24.1 Å². The van der Waals surface area contributed by atoms with Gasteiger partial charge < -0.3 is 5.32 Å². The Morgan fingerprint density at radius 1 is 1.62 bits per heavy atom. The largest absolute Gasteiger partial charge is 0.306 e. The van der Waals surface area contributed by atoms with Gasteiger partial charge in [-0.2, -0.15) is 5.10 Å². The molecule has 1 unspecified atom stereocenters. The fraction of sp³-hybridized carbons (Fsp3) is 0.364. The maximum Gasteiger partial charge on any atom is 0.0931 e. The monoisotopic (exact) mass is 255 g/mol. The summed E-state index contributed by atoms with van der Waals surface area (Å²) >= 11 is 7.47. The molecule has 0 amide bonds. The Labute approximate surface area is 104 Å². The summed E-state index contributed by atoms with van der Waals surface area (Å²) in [5.41, 5.74) is 2.43. The van der Waals surface area contributed by atoms with Crippen molar-refractivity contribution in [2.24, 2.45) is 7.05 Å². The standard InChI is InChI=1S/C11H14ClN3S/c1-8(10-3-11(12)16-7-10)13-4-9-5-14-15(2)6-9/h3,5-8,13H,4H2,1-2H3. The van der Waals surface area contributed by atoms with Crippen LogP contribution in [0, 0.1) is 0 Å². The average Bonchev–Trinajstić information content (AvgIpc) is 2.84. The van der Waals surface area contributed by atoms with Crippen molar-refractivity contribution in [2.45, 2.75) is 19.5 Å². The lowest BCUT2D eigenvalue weighted by Gasteiger charge is -2.10. The molecule has 86 valence electrons. The fourth-order valence-corrected chi connectivity index (χ4v) is 2.49. The van der Waals surface area contributed by atoms with E-state index in [9.17, 15) is 0 Å². The van der Waals surface area contributed by atoms with Crippen LogP contribution in [0.4, 0.5) is 0 Å². The van der Waals surface area contributed by atoms with Gasteiger partial charge in [-0.05, 0) is 23.9 Å². The van der Waals surface area contributed by atoms with Crippen molar-refractivity contribution >= 4 is 22.9 Å². The Morgan fingerprint density at radius 2 is 2.44 bits per heavy atom. The molecule has 2 aromatic heterocycles. The minimum Gasteiger partial charge on any atom is -0.306 e. The van der Waals surface area contributed by atoms with Crippen LogP contribution in [0.2, 0.25) is 4.34 Å². The molecule has 0 aromatic carbocycles. The maximum atomic E-state index is 5.90. The van der Waals surface area contributed by atoms with Crippen molar-refractivity contribution in [1.29, 1.82) is 0 Å². The minimum atomic E-state index is 0.309. The van der Waals surface area contributed by atoms with E-state index in [-0.39, 0.29) is 0 Å². The summed E-state index contributed by atoms with van der Waals surface area (Å²) in [5, 5.41) is 9.65. The molecule has 0 fully saturated rings. The highest BCUT2D eigenvalue weighted by Crippen LogP contribution is 2.24. The van der Waals surface area contributed by atoms with Gasteiger partial charge in [0, 0.05) is 31.4 Å². The summed E-state index contributed by atoms with van der Waals surface area (Å²) in [5.74, 6) is 0. The first-order valence-corrected chi connectivity index (χ1v) is 6.36. The van der Waals surface area contributed by atoms with Crippen molar-refractivity contribution in [2.75, 3.05) is 0 Å². The Hall–Kier alpha value is -0.840. The van der Waals surface area contributed by atoms with E-state index in [1.54, 1.807) is 11.3 Å². The summed E-state index contributed by atoms with van der Waals surface area (Å²) in [6.45, 7) is 2.96. The van der Waals surface area contributed by atoms with E-state index in [0.29, 0.717) is 6.04 Å². The number of thiophene rings is 1. The van der Waals surface area contributed by atoms with E-state index in [1.165, 1.54) is 11.1 Å². The minimum absolute atomic E-state index is 0.309. The van der Waals surface area contributed by atoms with Crippen LogP contribution in [0.15, 0.2) is 23.8 Å². The molecule has 5 heteroatoms. The first-order chi connectivity index (χ1) is 7.65. The average molecular weight is 256 g/mol. The third-order valence-electron chi connectivity index (χ3n) is 2.46. The topological polar surface area (TPSA) is 29.9 Å². The number of halogens is 1. The molecule has 2 aromatic rings. The highest BCUT2D eigenvalue weighted by Gasteiger charge is 2.07. The number of rotatable bonds is 4. The van der Waals surface area contributed by atoms with E-state index < -0.39 is 0 Å². The lowest BCUT2D eigenvalue weighted by Crippen LogP contribution is -2.17. The Balaban J connectivity index is 1.91. The van der Waals surface area contributed by atoms with Crippen molar-refractivity contribution in [3.8, 4) is 0 Å². The number of aromatic nitrogens is 2. The summed E-state index contributed by atoms with van der Waals surface area (Å²) in [7, 11) is 1.92. The lowest BCUT2D eigenvalue weighted by atomic mass is 10.2. The van der Waals surface area contributed by atoms with Crippen LogP contribution in [0.25, 0.3) is 0 Å². The second kappa shape index (κ2) is 4.99. The molecule has 0 aliphatic heterocycles. The second-order valence-corrected chi connectivity index (χ2v) is 5.35. The van der Waals surface area contributed by atoms with Crippen molar-refractivity contribution < 1.29 is 0 Å². The highest BCUT2D eigenvalue weighted by atomic mass is 35.5. The van der Waals surface area contributed by atoms with Crippen LogP contribution in [0.3, 0.4) is 0 Å². The van der Waals surface area contributed by atoms with Gasteiger partial charge >= 0.3 is 0 Å². The summed E-state index contributed by atoms with van der Waals surface area (Å²) < 4.78 is 2.65. The molecular weight excluding hydrogens is 242 g/mol. The molecule has 2 heterocycles. The first kappa shape index (κ1) is 11.6. The fourth-order valence-electron chi connectivity index (χ4n) is 1.50. The molecule has 0 spiro atoms. The van der Waals surface area contributed by atoms with Gasteiger partial charge in [-0.3, -0.25) is 4.68 Å². The van der Waals surface area contributed by atoms with Gasteiger partial charge in [0.1, 0.15) is 0 Å². The third-order valence-corrected chi connectivity index (χ3v) is 3.57. The first-order valence-electron chi connectivity index (χ1n) is 5.10. The van der Waals surface area contributed by atoms with Crippen molar-refractivity contribution in [3.63, 3.8) is 0 Å². The van der Waals surface area contributed by atoms with Gasteiger partial charge in [0.15, 0.2) is 0 Å². The van der Waals surface area contributed by atoms with Gasteiger partial charge in [-0.1, -0.05) is 11.6 Å². The summed E-state index contributed by atoms with van der Waals surface area (Å²) in [6.07, 6.45) is 3.89. The second-order valence-electron chi connectivity index (χ2n) is 3.81. The van der Waals surface area contributed by atoms with Crippen LogP contribution < -0.4 is 5.32 Å². The molecule has 1 atom stereocenters. The number of nitrogens with one attached hydrogen (secondary N) is 1. The van der Waals surface area contributed by atoms with Crippen molar-refractivity contribution in [1.82, 2.24) is 15.1 Å². The zero-order valence-corrected chi connectivity index (χ0v) is 10.8. The summed E-state index contributed by atoms with van der Waals surface area (Å²) in [6, 6.07) is 2.32. The number of hydrogen-bond donors (Lipinski definition) is 1. The van der Waals surface area contributed by atoms with Crippen LogP contribution in [-0.4, -0.2) is 9.78 Å². The SMILES string of the molecule is CC(NCc1cnn(C)c1)c1csc(Cl)c1. The molecule has 2 rings (SSSR count). The molecule has 16 heavy (non-hydrogen) atoms. The highest BCUT2D eigenvalue weighted by molar-refractivity contribution is 7.14. The molecule has 0 aliphatic carbocycles. The molecule has 1 N–H and O–H groups in total. The smallest absolute Gasteiger partial charge is 0.0931 e. The number of nitrogens with zero attached hydrogens (tertiary/aromatic N) is 2. The normalized spacial score (nSPS) is 12.9. The van der Waals surface area contributed by atoms with Crippen molar-refractivity contribution in [3.05, 3.63) is 39.3 Å². The Kier molecular flexibility index (Phi) is 3.63. The maximum absolute atomic E-state index is 5.90. The zero-order valence-electron chi connectivity index (χ0n) is 9.27.